The molecule has 1 heterocycles. The van der Waals surface area contributed by atoms with Gasteiger partial charge in [0.15, 0.2) is 0 Å². The van der Waals surface area contributed by atoms with Crippen LogP contribution in [0, 0.1) is 5.82 Å². The van der Waals surface area contributed by atoms with Gasteiger partial charge in [0.1, 0.15) is 5.82 Å². The lowest BCUT2D eigenvalue weighted by Gasteiger charge is -2.31. The second kappa shape index (κ2) is 6.16. The van der Waals surface area contributed by atoms with E-state index in [0.717, 1.165) is 37.1 Å². The van der Waals surface area contributed by atoms with Gasteiger partial charge in [0, 0.05) is 18.8 Å². The summed E-state index contributed by atoms with van der Waals surface area (Å²) in [6.45, 7) is 1.33. The van der Waals surface area contributed by atoms with Crippen LogP contribution in [-0.2, 0) is 6.54 Å². The van der Waals surface area contributed by atoms with Crippen molar-refractivity contribution < 1.29 is 9.50 Å². The zero-order valence-electron chi connectivity index (χ0n) is 10.6. The highest BCUT2D eigenvalue weighted by Crippen LogP contribution is 2.25. The van der Waals surface area contributed by atoms with Gasteiger partial charge >= 0.3 is 0 Å². The summed E-state index contributed by atoms with van der Waals surface area (Å²) in [5, 5.41) is 9.48. The minimum absolute atomic E-state index is 0.0972. The molecular formula is C14H21FN2O. The zero-order chi connectivity index (χ0) is 13.0. The first kappa shape index (κ1) is 13.3. The van der Waals surface area contributed by atoms with Crippen molar-refractivity contribution in [1.82, 2.24) is 0 Å². The van der Waals surface area contributed by atoms with E-state index in [2.05, 4.69) is 4.90 Å². The summed E-state index contributed by atoms with van der Waals surface area (Å²) in [4.78, 5) is 2.12. The van der Waals surface area contributed by atoms with E-state index in [0.29, 0.717) is 6.54 Å². The molecule has 1 fully saturated rings. The monoisotopic (exact) mass is 252 g/mol. The highest BCUT2D eigenvalue weighted by Gasteiger charge is 2.21. The van der Waals surface area contributed by atoms with Gasteiger partial charge in [-0.15, -0.1) is 0 Å². The molecule has 0 aromatic heterocycles. The van der Waals surface area contributed by atoms with Crippen LogP contribution < -0.4 is 10.6 Å². The van der Waals surface area contributed by atoms with Crippen LogP contribution in [0.25, 0.3) is 0 Å². The summed E-state index contributed by atoms with van der Waals surface area (Å²) in [5.74, 6) is -0.256. The summed E-state index contributed by atoms with van der Waals surface area (Å²) in [6.07, 6.45) is 4.35. The zero-order valence-corrected chi connectivity index (χ0v) is 10.6. The number of anilines is 1. The van der Waals surface area contributed by atoms with E-state index < -0.39 is 0 Å². The standard InChI is InChI=1S/C14H21FN2O/c15-12-6-11(9-16)7-14(8-12)17-5-3-1-2-4-13(17)10-18/h6-8,13,18H,1-5,9-10,16H2. The van der Waals surface area contributed by atoms with Gasteiger partial charge in [-0.25, -0.2) is 4.39 Å². The first-order valence-electron chi connectivity index (χ1n) is 6.61. The fraction of sp³-hybridized carbons (Fsp3) is 0.571. The molecule has 3 nitrogen and oxygen atoms in total. The average molecular weight is 252 g/mol. The highest BCUT2D eigenvalue weighted by atomic mass is 19.1. The SMILES string of the molecule is NCc1cc(F)cc(N2CCCCCC2CO)c1. The number of hydrogen-bond acceptors (Lipinski definition) is 3. The maximum Gasteiger partial charge on any atom is 0.125 e. The molecule has 1 atom stereocenters. The summed E-state index contributed by atoms with van der Waals surface area (Å²) in [7, 11) is 0. The van der Waals surface area contributed by atoms with Crippen LogP contribution in [0.3, 0.4) is 0 Å². The predicted octanol–water partition coefficient (Wildman–Crippen LogP) is 2.03. The Morgan fingerprint density at radius 3 is 2.83 bits per heavy atom. The fourth-order valence-corrected chi connectivity index (χ4v) is 2.62. The molecule has 1 aliphatic rings. The number of aliphatic hydroxyl groups excluding tert-OH is 1. The topological polar surface area (TPSA) is 49.5 Å². The van der Waals surface area contributed by atoms with Gasteiger partial charge in [0.25, 0.3) is 0 Å². The van der Waals surface area contributed by atoms with Gasteiger partial charge in [0.2, 0.25) is 0 Å². The minimum Gasteiger partial charge on any atom is -0.394 e. The van der Waals surface area contributed by atoms with Gasteiger partial charge in [-0.05, 0) is 36.6 Å². The Bertz CT molecular complexity index is 397. The maximum absolute atomic E-state index is 13.6. The fourth-order valence-electron chi connectivity index (χ4n) is 2.62. The molecule has 0 spiro atoms. The number of halogens is 1. The molecule has 0 saturated carbocycles. The Labute approximate surface area is 107 Å². The quantitative estimate of drug-likeness (QED) is 0.865. The second-order valence-electron chi connectivity index (χ2n) is 4.90. The lowest BCUT2D eigenvalue weighted by atomic mass is 10.1. The normalized spacial score (nSPS) is 20.8. The molecule has 1 saturated heterocycles. The molecule has 100 valence electrons. The number of rotatable bonds is 3. The molecule has 0 amide bonds. The first-order chi connectivity index (χ1) is 8.74. The molecular weight excluding hydrogens is 231 g/mol. The first-order valence-corrected chi connectivity index (χ1v) is 6.61. The van der Waals surface area contributed by atoms with Crippen molar-refractivity contribution in [3.8, 4) is 0 Å². The van der Waals surface area contributed by atoms with Gasteiger partial charge in [-0.1, -0.05) is 12.8 Å². The van der Waals surface area contributed by atoms with Crippen LogP contribution in [0.4, 0.5) is 10.1 Å². The molecule has 1 aromatic rings. The molecule has 0 bridgehead atoms. The van der Waals surface area contributed by atoms with E-state index in [-0.39, 0.29) is 18.5 Å². The Hall–Kier alpha value is -1.13. The van der Waals surface area contributed by atoms with Crippen molar-refractivity contribution in [3.05, 3.63) is 29.6 Å². The van der Waals surface area contributed by atoms with Gasteiger partial charge < -0.3 is 15.7 Å². The Balaban J connectivity index is 2.29. The predicted molar refractivity (Wildman–Crippen MR) is 71.0 cm³/mol. The maximum atomic E-state index is 13.6. The van der Waals surface area contributed by atoms with Crippen LogP contribution in [0.2, 0.25) is 0 Å². The molecule has 3 N–H and O–H groups in total. The van der Waals surface area contributed by atoms with Crippen molar-refractivity contribution >= 4 is 5.69 Å². The summed E-state index contributed by atoms with van der Waals surface area (Å²) in [6, 6.07) is 5.03. The van der Waals surface area contributed by atoms with Crippen LogP contribution in [-0.4, -0.2) is 24.3 Å². The highest BCUT2D eigenvalue weighted by molar-refractivity contribution is 5.50. The van der Waals surface area contributed by atoms with Crippen LogP contribution in [0.1, 0.15) is 31.2 Å². The van der Waals surface area contributed by atoms with E-state index in [1.807, 2.05) is 6.07 Å². The molecule has 1 unspecified atom stereocenters. The summed E-state index contributed by atoms with van der Waals surface area (Å²) >= 11 is 0. The smallest absolute Gasteiger partial charge is 0.125 e. The molecule has 2 rings (SSSR count). The Kier molecular flexibility index (Phi) is 4.55. The van der Waals surface area contributed by atoms with Gasteiger partial charge in [-0.2, -0.15) is 0 Å². The second-order valence-corrected chi connectivity index (χ2v) is 4.90. The van der Waals surface area contributed by atoms with Crippen molar-refractivity contribution in [3.63, 3.8) is 0 Å². The van der Waals surface area contributed by atoms with E-state index in [4.69, 9.17) is 5.73 Å². The molecule has 1 aromatic carbocycles. The molecule has 18 heavy (non-hydrogen) atoms. The van der Waals surface area contributed by atoms with Gasteiger partial charge in [0.05, 0.1) is 12.6 Å². The largest absolute Gasteiger partial charge is 0.394 e. The molecule has 4 heteroatoms. The Morgan fingerprint density at radius 2 is 2.11 bits per heavy atom. The van der Waals surface area contributed by atoms with Crippen molar-refractivity contribution in [2.75, 3.05) is 18.1 Å². The third-order valence-electron chi connectivity index (χ3n) is 3.60. The van der Waals surface area contributed by atoms with E-state index in [9.17, 15) is 9.50 Å². The van der Waals surface area contributed by atoms with Crippen molar-refractivity contribution in [2.24, 2.45) is 5.73 Å². The number of nitrogens with two attached hydrogens (primary N) is 1. The lowest BCUT2D eigenvalue weighted by Crippen LogP contribution is -2.37. The number of hydrogen-bond donors (Lipinski definition) is 2. The summed E-state index contributed by atoms with van der Waals surface area (Å²) < 4.78 is 13.6. The number of aliphatic hydroxyl groups is 1. The molecule has 0 aliphatic carbocycles. The number of benzene rings is 1. The molecule has 1 aliphatic heterocycles. The van der Waals surface area contributed by atoms with E-state index in [1.54, 1.807) is 0 Å². The third kappa shape index (κ3) is 3.00. The van der Waals surface area contributed by atoms with E-state index in [1.165, 1.54) is 18.6 Å². The lowest BCUT2D eigenvalue weighted by molar-refractivity contribution is 0.255. The third-order valence-corrected chi connectivity index (χ3v) is 3.60. The number of nitrogens with zero attached hydrogens (tertiary/aromatic N) is 1. The average Bonchev–Trinajstić information content (AvgIpc) is 2.62. The van der Waals surface area contributed by atoms with Crippen molar-refractivity contribution in [2.45, 2.75) is 38.3 Å². The molecule has 0 radical (unpaired) electrons. The van der Waals surface area contributed by atoms with Crippen LogP contribution in [0.15, 0.2) is 18.2 Å². The minimum atomic E-state index is -0.256. The van der Waals surface area contributed by atoms with Crippen LogP contribution >= 0.6 is 0 Å². The van der Waals surface area contributed by atoms with Crippen LogP contribution in [0.5, 0.6) is 0 Å². The summed E-state index contributed by atoms with van der Waals surface area (Å²) in [5.41, 5.74) is 7.22. The Morgan fingerprint density at radius 1 is 1.28 bits per heavy atom. The van der Waals surface area contributed by atoms with Gasteiger partial charge in [-0.3, -0.25) is 0 Å². The van der Waals surface area contributed by atoms with Crippen molar-refractivity contribution in [1.29, 1.82) is 0 Å². The van der Waals surface area contributed by atoms with E-state index >= 15 is 0 Å².